The zero-order valence-electron chi connectivity index (χ0n) is 16.2. The lowest BCUT2D eigenvalue weighted by Crippen LogP contribution is -2.28. The van der Waals surface area contributed by atoms with Crippen LogP contribution in [0.4, 0.5) is 0 Å². The molecule has 0 bridgehead atoms. The van der Waals surface area contributed by atoms with E-state index in [1.807, 2.05) is 43.3 Å². The van der Waals surface area contributed by atoms with E-state index in [-0.39, 0.29) is 0 Å². The molecule has 0 heterocycles. The molecule has 1 N–H and O–H groups in total. The number of benzene rings is 2. The first-order chi connectivity index (χ1) is 13.3. The first-order valence-corrected chi connectivity index (χ1v) is 10.5. The van der Waals surface area contributed by atoms with Crippen molar-refractivity contribution < 1.29 is 9.47 Å². The fourth-order valence-corrected chi connectivity index (χ4v) is 3.83. The summed E-state index contributed by atoms with van der Waals surface area (Å²) in [4.78, 5) is 0. The molecular formula is C23H30ClNO2. The average molecular weight is 388 g/mol. The van der Waals surface area contributed by atoms with Crippen LogP contribution in [0.1, 0.15) is 56.6 Å². The largest absolute Gasteiger partial charge is 0.490 e. The molecule has 0 aliphatic heterocycles. The van der Waals surface area contributed by atoms with Crippen molar-refractivity contribution in [3.63, 3.8) is 0 Å². The normalized spacial score (nSPS) is 15.3. The maximum absolute atomic E-state index is 6.29. The quantitative estimate of drug-likeness (QED) is 0.552. The van der Waals surface area contributed by atoms with Crippen molar-refractivity contribution in [3.8, 4) is 11.5 Å². The predicted octanol–water partition coefficient (Wildman–Crippen LogP) is 6.13. The molecule has 0 atom stereocenters. The van der Waals surface area contributed by atoms with Gasteiger partial charge < -0.3 is 14.8 Å². The Balaban J connectivity index is 1.72. The number of ether oxygens (including phenoxy) is 2. The van der Waals surface area contributed by atoms with Crippen molar-refractivity contribution in [2.45, 2.75) is 64.6 Å². The number of hydrogen-bond acceptors (Lipinski definition) is 3. The summed E-state index contributed by atoms with van der Waals surface area (Å²) in [7, 11) is 0. The summed E-state index contributed by atoms with van der Waals surface area (Å²) in [5.41, 5.74) is 2.12. The topological polar surface area (TPSA) is 30.5 Å². The Hall–Kier alpha value is -1.71. The van der Waals surface area contributed by atoms with Gasteiger partial charge in [-0.3, -0.25) is 0 Å². The summed E-state index contributed by atoms with van der Waals surface area (Å²) < 4.78 is 12.0. The zero-order valence-corrected chi connectivity index (χ0v) is 16.9. The van der Waals surface area contributed by atoms with Crippen LogP contribution >= 0.6 is 11.6 Å². The van der Waals surface area contributed by atoms with E-state index < -0.39 is 0 Å². The summed E-state index contributed by atoms with van der Waals surface area (Å²) in [5.74, 6) is 1.62. The van der Waals surface area contributed by atoms with Gasteiger partial charge in [0.15, 0.2) is 11.5 Å². The minimum atomic E-state index is 0.431. The van der Waals surface area contributed by atoms with E-state index in [1.165, 1.54) is 38.5 Å². The molecule has 0 saturated heterocycles. The lowest BCUT2D eigenvalue weighted by molar-refractivity contribution is 0.265. The fraction of sp³-hybridized carbons (Fsp3) is 0.478. The van der Waals surface area contributed by atoms with E-state index in [2.05, 4.69) is 11.4 Å². The highest BCUT2D eigenvalue weighted by Gasteiger charge is 2.15. The van der Waals surface area contributed by atoms with E-state index in [4.69, 9.17) is 21.1 Å². The standard InChI is InChI=1S/C23H30ClNO2/c1-2-26-22-15-9-11-18(16-25-20-12-5-3-4-6-13-20)23(22)27-17-19-10-7-8-14-21(19)24/h7-11,14-15,20,25H,2-6,12-13,16-17H2,1H3. The third kappa shape index (κ3) is 5.88. The molecule has 0 unspecified atom stereocenters. The Morgan fingerprint density at radius 1 is 0.926 bits per heavy atom. The molecule has 1 aliphatic rings. The highest BCUT2D eigenvalue weighted by Crippen LogP contribution is 2.33. The third-order valence-electron chi connectivity index (χ3n) is 5.13. The summed E-state index contributed by atoms with van der Waals surface area (Å²) in [6.07, 6.45) is 7.91. The Kier molecular flexibility index (Phi) is 7.85. The van der Waals surface area contributed by atoms with E-state index >= 15 is 0 Å². The van der Waals surface area contributed by atoms with Gasteiger partial charge in [-0.1, -0.05) is 67.6 Å². The van der Waals surface area contributed by atoms with Crippen LogP contribution in [0, 0.1) is 0 Å². The molecule has 1 fully saturated rings. The fourth-order valence-electron chi connectivity index (χ4n) is 3.64. The zero-order chi connectivity index (χ0) is 18.9. The van der Waals surface area contributed by atoms with Crippen LogP contribution in [0.3, 0.4) is 0 Å². The van der Waals surface area contributed by atoms with Crippen molar-refractivity contribution >= 4 is 11.6 Å². The molecular weight excluding hydrogens is 358 g/mol. The summed E-state index contributed by atoms with van der Waals surface area (Å²) in [6.45, 7) is 3.83. The Morgan fingerprint density at radius 2 is 1.67 bits per heavy atom. The van der Waals surface area contributed by atoms with Crippen LogP contribution in [-0.4, -0.2) is 12.6 Å². The van der Waals surface area contributed by atoms with E-state index in [0.717, 1.165) is 34.2 Å². The molecule has 0 spiro atoms. The predicted molar refractivity (Wildman–Crippen MR) is 112 cm³/mol. The molecule has 3 rings (SSSR count). The van der Waals surface area contributed by atoms with Crippen molar-refractivity contribution in [1.82, 2.24) is 5.32 Å². The average Bonchev–Trinajstić information content (AvgIpc) is 2.96. The minimum absolute atomic E-state index is 0.431. The first kappa shape index (κ1) is 20.0. The molecule has 0 radical (unpaired) electrons. The molecule has 146 valence electrons. The smallest absolute Gasteiger partial charge is 0.166 e. The number of nitrogens with one attached hydrogen (secondary N) is 1. The molecule has 3 nitrogen and oxygen atoms in total. The third-order valence-corrected chi connectivity index (χ3v) is 5.50. The van der Waals surface area contributed by atoms with Crippen LogP contribution in [0.25, 0.3) is 0 Å². The monoisotopic (exact) mass is 387 g/mol. The molecule has 27 heavy (non-hydrogen) atoms. The number of para-hydroxylation sites is 1. The first-order valence-electron chi connectivity index (χ1n) is 10.1. The summed E-state index contributed by atoms with van der Waals surface area (Å²) in [5, 5.41) is 4.46. The number of hydrogen-bond donors (Lipinski definition) is 1. The van der Waals surface area contributed by atoms with Gasteiger partial charge >= 0.3 is 0 Å². The van der Waals surface area contributed by atoms with Gasteiger partial charge in [-0.05, 0) is 31.9 Å². The maximum Gasteiger partial charge on any atom is 0.166 e. The van der Waals surface area contributed by atoms with Gasteiger partial charge in [-0.2, -0.15) is 0 Å². The van der Waals surface area contributed by atoms with Gasteiger partial charge in [-0.15, -0.1) is 0 Å². The van der Waals surface area contributed by atoms with Crippen molar-refractivity contribution in [2.24, 2.45) is 0 Å². The number of halogens is 1. The second-order valence-electron chi connectivity index (χ2n) is 7.13. The molecule has 4 heteroatoms. The van der Waals surface area contributed by atoms with Gasteiger partial charge in [0.1, 0.15) is 6.61 Å². The highest BCUT2D eigenvalue weighted by atomic mass is 35.5. The minimum Gasteiger partial charge on any atom is -0.490 e. The van der Waals surface area contributed by atoms with Crippen molar-refractivity contribution in [3.05, 3.63) is 58.6 Å². The highest BCUT2D eigenvalue weighted by molar-refractivity contribution is 6.31. The number of rotatable bonds is 8. The molecule has 1 saturated carbocycles. The molecule has 0 aromatic heterocycles. The summed E-state index contributed by atoms with van der Waals surface area (Å²) >= 11 is 6.29. The second-order valence-corrected chi connectivity index (χ2v) is 7.53. The lowest BCUT2D eigenvalue weighted by atomic mass is 10.1. The van der Waals surface area contributed by atoms with Crippen LogP contribution in [0.15, 0.2) is 42.5 Å². The lowest BCUT2D eigenvalue weighted by Gasteiger charge is -2.20. The van der Waals surface area contributed by atoms with Crippen molar-refractivity contribution in [1.29, 1.82) is 0 Å². The van der Waals surface area contributed by atoms with Crippen LogP contribution in [-0.2, 0) is 13.2 Å². The Bertz CT molecular complexity index is 711. The van der Waals surface area contributed by atoms with Gasteiger partial charge in [0.2, 0.25) is 0 Å². The van der Waals surface area contributed by atoms with E-state index in [1.54, 1.807) is 0 Å². The molecule has 2 aromatic carbocycles. The molecule has 2 aromatic rings. The second kappa shape index (κ2) is 10.6. The maximum atomic E-state index is 6.29. The Labute approximate surface area is 168 Å². The summed E-state index contributed by atoms with van der Waals surface area (Å²) in [6, 6.07) is 14.5. The molecule has 1 aliphatic carbocycles. The van der Waals surface area contributed by atoms with Crippen LogP contribution < -0.4 is 14.8 Å². The Morgan fingerprint density at radius 3 is 2.41 bits per heavy atom. The van der Waals surface area contributed by atoms with Crippen molar-refractivity contribution in [2.75, 3.05) is 6.61 Å². The SMILES string of the molecule is CCOc1cccc(CNC2CCCCCC2)c1OCc1ccccc1Cl. The van der Waals surface area contributed by atoms with Crippen LogP contribution in [0.2, 0.25) is 5.02 Å². The van der Waals surface area contributed by atoms with Gasteiger partial charge in [-0.25, -0.2) is 0 Å². The van der Waals surface area contributed by atoms with Crippen LogP contribution in [0.5, 0.6) is 11.5 Å². The van der Waals surface area contributed by atoms with Gasteiger partial charge in [0.05, 0.1) is 6.61 Å². The van der Waals surface area contributed by atoms with Gasteiger partial charge in [0.25, 0.3) is 0 Å². The van der Waals surface area contributed by atoms with Gasteiger partial charge in [0, 0.05) is 28.7 Å². The molecule has 0 amide bonds. The van der Waals surface area contributed by atoms with E-state index in [0.29, 0.717) is 19.3 Å². The van der Waals surface area contributed by atoms with E-state index in [9.17, 15) is 0 Å².